The molecule has 2 aliphatic rings. The number of allylic oxidation sites excluding steroid dienone is 1. The van der Waals surface area contributed by atoms with Gasteiger partial charge in [0.15, 0.2) is 0 Å². The number of piperazine rings is 1. The fraction of sp³-hybridized carbons (Fsp3) is 0.269. The number of aliphatic hydroxyl groups excluding tert-OH is 1. The van der Waals surface area contributed by atoms with Gasteiger partial charge < -0.3 is 14.7 Å². The molecule has 0 aliphatic carbocycles. The van der Waals surface area contributed by atoms with E-state index >= 15 is 0 Å². The maximum absolute atomic E-state index is 11.6. The molecule has 1 saturated heterocycles. The summed E-state index contributed by atoms with van der Waals surface area (Å²) in [5.41, 5.74) is 4.31. The van der Waals surface area contributed by atoms with Crippen LogP contribution in [0.25, 0.3) is 16.5 Å². The number of carbonyl (C=O) groups excluding carboxylic acids is 1. The summed E-state index contributed by atoms with van der Waals surface area (Å²) in [7, 11) is 0. The van der Waals surface area contributed by atoms with Crippen LogP contribution in [0, 0.1) is 0 Å². The van der Waals surface area contributed by atoms with E-state index in [9.17, 15) is 4.79 Å². The Kier molecular flexibility index (Phi) is 6.15. The Labute approximate surface area is 192 Å². The first-order chi connectivity index (χ1) is 16.2. The first-order valence-corrected chi connectivity index (χ1v) is 11.2. The van der Waals surface area contributed by atoms with Crippen LogP contribution in [0.4, 0.5) is 0 Å². The van der Waals surface area contributed by atoms with Gasteiger partial charge in [0.1, 0.15) is 18.1 Å². The highest BCUT2D eigenvalue weighted by molar-refractivity contribution is 5.89. The molecule has 168 valence electrons. The third-order valence-corrected chi connectivity index (χ3v) is 6.07. The number of nitrogens with zero attached hydrogens (tertiary/aromatic N) is 4. The quantitative estimate of drug-likeness (QED) is 0.635. The van der Waals surface area contributed by atoms with E-state index in [1.807, 2.05) is 48.7 Å². The number of rotatable bonds is 6. The zero-order valence-electron chi connectivity index (χ0n) is 18.4. The van der Waals surface area contributed by atoms with Crippen LogP contribution < -0.4 is 4.74 Å². The first kappa shape index (κ1) is 21.3. The molecular formula is C26H26N4O3. The van der Waals surface area contributed by atoms with E-state index in [2.05, 4.69) is 28.1 Å². The van der Waals surface area contributed by atoms with Crippen LogP contribution >= 0.6 is 0 Å². The van der Waals surface area contributed by atoms with Crippen LogP contribution in [0.15, 0.2) is 65.7 Å². The minimum atomic E-state index is -0.420. The van der Waals surface area contributed by atoms with Crippen molar-refractivity contribution in [3.05, 3.63) is 71.9 Å². The fourth-order valence-corrected chi connectivity index (χ4v) is 4.19. The van der Waals surface area contributed by atoms with Gasteiger partial charge in [-0.15, -0.1) is 0 Å². The van der Waals surface area contributed by atoms with Crippen LogP contribution in [0.1, 0.15) is 11.3 Å². The van der Waals surface area contributed by atoms with E-state index in [-0.39, 0.29) is 5.91 Å². The molecule has 33 heavy (non-hydrogen) atoms. The molecule has 0 radical (unpaired) electrons. The van der Waals surface area contributed by atoms with Gasteiger partial charge in [-0.1, -0.05) is 18.2 Å². The van der Waals surface area contributed by atoms with Crippen molar-refractivity contribution < 1.29 is 14.6 Å². The largest absolute Gasteiger partial charge is 0.457 e. The third kappa shape index (κ3) is 4.94. The van der Waals surface area contributed by atoms with Crippen molar-refractivity contribution in [1.29, 1.82) is 0 Å². The Morgan fingerprint density at radius 1 is 0.970 bits per heavy atom. The van der Waals surface area contributed by atoms with Gasteiger partial charge in [0, 0.05) is 44.3 Å². The molecule has 7 nitrogen and oxygen atoms in total. The zero-order valence-corrected chi connectivity index (χ0v) is 18.4. The molecule has 3 heterocycles. The minimum absolute atomic E-state index is 0.201. The number of benzene rings is 2. The summed E-state index contributed by atoms with van der Waals surface area (Å²) >= 11 is 0. The molecule has 3 aromatic rings. The smallest absolute Gasteiger partial charge is 0.248 e. The second-order valence-corrected chi connectivity index (χ2v) is 8.28. The fourth-order valence-electron chi connectivity index (χ4n) is 4.19. The maximum atomic E-state index is 11.6. The molecule has 2 aliphatic heterocycles. The summed E-state index contributed by atoms with van der Waals surface area (Å²) in [5, 5.41) is 10.0. The minimum Gasteiger partial charge on any atom is -0.457 e. The zero-order chi connectivity index (χ0) is 22.6. The average molecular weight is 443 g/mol. The Morgan fingerprint density at radius 2 is 1.76 bits per heavy atom. The highest BCUT2D eigenvalue weighted by Gasteiger charge is 2.20. The van der Waals surface area contributed by atoms with E-state index in [1.54, 1.807) is 4.90 Å². The molecule has 0 atom stereocenters. The van der Waals surface area contributed by atoms with Gasteiger partial charge in [0.25, 0.3) is 0 Å². The predicted octanol–water partition coefficient (Wildman–Crippen LogP) is 3.13. The summed E-state index contributed by atoms with van der Waals surface area (Å²) in [4.78, 5) is 24.6. The van der Waals surface area contributed by atoms with Crippen molar-refractivity contribution in [3.63, 3.8) is 0 Å². The van der Waals surface area contributed by atoms with Gasteiger partial charge in [-0.2, -0.15) is 0 Å². The lowest BCUT2D eigenvalue weighted by Crippen LogP contribution is -2.49. The van der Waals surface area contributed by atoms with Gasteiger partial charge in [0.05, 0.1) is 17.8 Å². The normalized spacial score (nSPS) is 16.3. The second kappa shape index (κ2) is 9.52. The molecular weight excluding hydrogens is 416 g/mol. The summed E-state index contributed by atoms with van der Waals surface area (Å²) in [6, 6.07) is 18.1. The molecule has 0 bridgehead atoms. The van der Waals surface area contributed by atoms with E-state index in [1.165, 1.54) is 5.57 Å². The van der Waals surface area contributed by atoms with Crippen LogP contribution in [0.2, 0.25) is 0 Å². The first-order valence-electron chi connectivity index (χ1n) is 11.2. The van der Waals surface area contributed by atoms with E-state index in [0.717, 1.165) is 59.8 Å². The second-order valence-electron chi connectivity index (χ2n) is 8.28. The van der Waals surface area contributed by atoms with Gasteiger partial charge >= 0.3 is 0 Å². The lowest BCUT2D eigenvalue weighted by Gasteiger charge is -2.34. The number of fused-ring (bicyclic) bond motifs is 1. The lowest BCUT2D eigenvalue weighted by molar-refractivity contribution is -0.136. The molecule has 0 saturated carbocycles. The molecule has 1 N–H and O–H groups in total. The highest BCUT2D eigenvalue weighted by Crippen LogP contribution is 2.27. The molecule has 1 amide bonds. The Hall–Kier alpha value is -3.55. The van der Waals surface area contributed by atoms with Crippen molar-refractivity contribution in [2.45, 2.75) is 6.54 Å². The van der Waals surface area contributed by atoms with Crippen molar-refractivity contribution in [2.75, 3.05) is 39.3 Å². The van der Waals surface area contributed by atoms with Gasteiger partial charge in [-0.05, 0) is 53.6 Å². The molecule has 1 fully saturated rings. The van der Waals surface area contributed by atoms with Gasteiger partial charge in [0.2, 0.25) is 5.91 Å². The number of carbonyl (C=O) groups is 1. The highest BCUT2D eigenvalue weighted by atomic mass is 16.5. The van der Waals surface area contributed by atoms with E-state index in [4.69, 9.17) is 14.8 Å². The van der Waals surface area contributed by atoms with Crippen molar-refractivity contribution in [3.8, 4) is 11.5 Å². The number of pyridine rings is 1. The van der Waals surface area contributed by atoms with Crippen LogP contribution in [0.5, 0.6) is 11.5 Å². The van der Waals surface area contributed by atoms with E-state index < -0.39 is 6.61 Å². The monoisotopic (exact) mass is 442 g/mol. The number of hydrogen-bond donors (Lipinski definition) is 1. The Bertz CT molecular complexity index is 1210. The third-order valence-electron chi connectivity index (χ3n) is 6.07. The van der Waals surface area contributed by atoms with Gasteiger partial charge in [-0.3, -0.25) is 19.7 Å². The number of aliphatic imine (C=N–C) groups is 1. The van der Waals surface area contributed by atoms with Crippen molar-refractivity contribution >= 4 is 28.6 Å². The summed E-state index contributed by atoms with van der Waals surface area (Å²) in [6.07, 6.45) is 3.88. The Morgan fingerprint density at radius 3 is 2.48 bits per heavy atom. The maximum Gasteiger partial charge on any atom is 0.248 e. The topological polar surface area (TPSA) is 78.3 Å². The standard InChI is InChI=1S/C26H26N4O3/c31-18-26(32)30-13-11-29(12-14-30)17-22-4-1-20-15-24(7-8-25(20)28-22)33-23-5-2-19(3-6-23)21-9-10-27-16-21/h1-10,15,31H,11-14,16-18H2. The number of aromatic nitrogens is 1. The average Bonchev–Trinajstić information content (AvgIpc) is 3.40. The molecule has 7 heteroatoms. The molecule has 2 aromatic carbocycles. The van der Waals surface area contributed by atoms with Crippen LogP contribution in [-0.2, 0) is 11.3 Å². The van der Waals surface area contributed by atoms with Crippen LogP contribution in [-0.4, -0.2) is 71.3 Å². The van der Waals surface area contributed by atoms with Crippen molar-refractivity contribution in [1.82, 2.24) is 14.8 Å². The molecule has 0 spiro atoms. The van der Waals surface area contributed by atoms with E-state index in [0.29, 0.717) is 13.1 Å². The number of hydrogen-bond acceptors (Lipinski definition) is 6. The molecule has 5 rings (SSSR count). The number of ether oxygens (including phenoxy) is 1. The summed E-state index contributed by atoms with van der Waals surface area (Å²) in [6.45, 7) is 3.89. The molecule has 1 aromatic heterocycles. The summed E-state index contributed by atoms with van der Waals surface area (Å²) < 4.78 is 6.06. The van der Waals surface area contributed by atoms with Gasteiger partial charge in [-0.25, -0.2) is 0 Å². The molecule has 0 unspecified atom stereocenters. The predicted molar refractivity (Wildman–Crippen MR) is 129 cm³/mol. The number of amides is 1. The van der Waals surface area contributed by atoms with Crippen molar-refractivity contribution in [2.24, 2.45) is 4.99 Å². The summed E-state index contributed by atoms with van der Waals surface area (Å²) in [5.74, 6) is 1.37. The lowest BCUT2D eigenvalue weighted by atomic mass is 10.1. The SMILES string of the molecule is O=C(CO)N1CCN(Cc2ccc3cc(Oc4ccc(C5=CC=NC5)cc4)ccc3n2)CC1. The Balaban J connectivity index is 1.22. The van der Waals surface area contributed by atoms with Crippen LogP contribution in [0.3, 0.4) is 0 Å². The number of aliphatic hydroxyl groups is 1.